The summed E-state index contributed by atoms with van der Waals surface area (Å²) >= 11 is 7.81. The number of aliphatic carboxylic acids is 1. The van der Waals surface area contributed by atoms with E-state index >= 15 is 0 Å². The van der Waals surface area contributed by atoms with Crippen LogP contribution in [0.2, 0.25) is 5.02 Å². The molecule has 8 heteroatoms. The summed E-state index contributed by atoms with van der Waals surface area (Å²) in [5, 5.41) is 9.41. The molecule has 1 aromatic carbocycles. The van der Waals surface area contributed by atoms with Crippen LogP contribution >= 0.6 is 23.4 Å². The van der Waals surface area contributed by atoms with Crippen molar-refractivity contribution in [3.63, 3.8) is 0 Å². The van der Waals surface area contributed by atoms with Gasteiger partial charge in [0.2, 0.25) is 0 Å². The first-order valence-corrected chi connectivity index (χ1v) is 8.78. The summed E-state index contributed by atoms with van der Waals surface area (Å²) in [6.45, 7) is 2.86. The van der Waals surface area contributed by atoms with Gasteiger partial charge in [0.05, 0.1) is 10.6 Å². The van der Waals surface area contributed by atoms with Crippen molar-refractivity contribution in [3.05, 3.63) is 50.3 Å². The Morgan fingerprint density at radius 3 is 2.50 bits per heavy atom. The van der Waals surface area contributed by atoms with E-state index in [-0.39, 0.29) is 5.56 Å². The summed E-state index contributed by atoms with van der Waals surface area (Å²) in [7, 11) is 0. The lowest BCUT2D eigenvalue weighted by molar-refractivity contribution is -0.137. The van der Waals surface area contributed by atoms with Crippen LogP contribution in [-0.4, -0.2) is 26.5 Å². The van der Waals surface area contributed by atoms with Gasteiger partial charge >= 0.3 is 11.7 Å². The maximum absolute atomic E-state index is 12.8. The normalized spacial score (nSPS) is 11.0. The third-order valence-electron chi connectivity index (χ3n) is 3.48. The Balaban J connectivity index is 2.84. The minimum Gasteiger partial charge on any atom is -0.480 e. The van der Waals surface area contributed by atoms with E-state index in [0.717, 1.165) is 14.0 Å². The number of carboxylic acid groups (broad SMARTS) is 1. The van der Waals surface area contributed by atoms with Crippen molar-refractivity contribution in [1.29, 1.82) is 0 Å². The lowest BCUT2D eigenvalue weighted by Gasteiger charge is -2.15. The van der Waals surface area contributed by atoms with Gasteiger partial charge in [0, 0.05) is 22.7 Å². The number of benzene rings is 1. The summed E-state index contributed by atoms with van der Waals surface area (Å²) in [6.07, 6.45) is 3.13. The third-order valence-corrected chi connectivity index (χ3v) is 4.78. The number of nitrogens with zero attached hydrogens (tertiary/aromatic N) is 2. The quantitative estimate of drug-likeness (QED) is 0.820. The molecule has 0 bridgehead atoms. The molecule has 0 fully saturated rings. The molecule has 1 aromatic heterocycles. The third kappa shape index (κ3) is 3.42. The largest absolute Gasteiger partial charge is 0.480 e. The Bertz CT molecular complexity index is 902. The van der Waals surface area contributed by atoms with Crippen molar-refractivity contribution in [2.75, 3.05) is 6.26 Å². The second-order valence-electron chi connectivity index (χ2n) is 5.44. The summed E-state index contributed by atoms with van der Waals surface area (Å²) < 4.78 is 2.06. The van der Waals surface area contributed by atoms with Crippen molar-refractivity contribution in [1.82, 2.24) is 9.13 Å². The van der Waals surface area contributed by atoms with Gasteiger partial charge in [0.15, 0.2) is 0 Å². The zero-order chi connectivity index (χ0) is 18.0. The van der Waals surface area contributed by atoms with E-state index in [1.807, 2.05) is 12.3 Å². The molecule has 2 aromatic rings. The Labute approximate surface area is 147 Å². The van der Waals surface area contributed by atoms with E-state index in [9.17, 15) is 14.4 Å². The molecule has 2 rings (SSSR count). The molecule has 24 heavy (non-hydrogen) atoms. The van der Waals surface area contributed by atoms with Crippen LogP contribution in [0.25, 0.3) is 11.1 Å². The summed E-state index contributed by atoms with van der Waals surface area (Å²) in [5.41, 5.74) is -0.470. The van der Waals surface area contributed by atoms with Crippen LogP contribution in [0.1, 0.15) is 19.9 Å². The average molecular weight is 369 g/mol. The van der Waals surface area contributed by atoms with Crippen LogP contribution in [0.4, 0.5) is 0 Å². The van der Waals surface area contributed by atoms with Gasteiger partial charge in [-0.2, -0.15) is 0 Å². The highest BCUT2D eigenvalue weighted by molar-refractivity contribution is 7.98. The van der Waals surface area contributed by atoms with E-state index in [1.54, 1.807) is 26.0 Å². The number of carboxylic acids is 1. The lowest BCUT2D eigenvalue weighted by atomic mass is 10.1. The van der Waals surface area contributed by atoms with Crippen LogP contribution in [-0.2, 0) is 11.3 Å². The fourth-order valence-corrected chi connectivity index (χ4v) is 3.36. The van der Waals surface area contributed by atoms with Crippen molar-refractivity contribution >= 4 is 29.3 Å². The average Bonchev–Trinajstić information content (AvgIpc) is 2.50. The molecule has 0 aliphatic carbocycles. The van der Waals surface area contributed by atoms with E-state index in [0.29, 0.717) is 10.6 Å². The van der Waals surface area contributed by atoms with Gasteiger partial charge < -0.3 is 5.11 Å². The second-order valence-corrected chi connectivity index (χ2v) is 6.66. The van der Waals surface area contributed by atoms with E-state index in [2.05, 4.69) is 0 Å². The number of carbonyl (C=O) groups is 1. The molecule has 6 nitrogen and oxygen atoms in total. The molecule has 0 atom stereocenters. The minimum atomic E-state index is -1.17. The highest BCUT2D eigenvalue weighted by Gasteiger charge is 2.18. The zero-order valence-electron chi connectivity index (χ0n) is 13.4. The molecule has 1 N–H and O–H groups in total. The first kappa shape index (κ1) is 18.4. The predicted octanol–water partition coefficient (Wildman–Crippen LogP) is 2.72. The minimum absolute atomic E-state index is 0.199. The summed E-state index contributed by atoms with van der Waals surface area (Å²) in [6, 6.07) is 4.86. The van der Waals surface area contributed by atoms with E-state index in [4.69, 9.17) is 16.7 Å². The van der Waals surface area contributed by atoms with Crippen LogP contribution in [0.15, 0.2) is 38.9 Å². The monoisotopic (exact) mass is 368 g/mol. The van der Waals surface area contributed by atoms with Gasteiger partial charge in [0.25, 0.3) is 5.56 Å². The van der Waals surface area contributed by atoms with Gasteiger partial charge in [-0.3, -0.25) is 18.7 Å². The molecule has 0 spiro atoms. The molecular formula is C16H17ClN2O4S. The fourth-order valence-electron chi connectivity index (χ4n) is 2.40. The number of halogens is 1. The second kappa shape index (κ2) is 7.27. The number of rotatable bonds is 5. The van der Waals surface area contributed by atoms with Gasteiger partial charge in [-0.1, -0.05) is 23.7 Å². The first-order valence-electron chi connectivity index (χ1n) is 7.18. The van der Waals surface area contributed by atoms with Crippen LogP contribution in [0.5, 0.6) is 0 Å². The molecule has 0 aliphatic heterocycles. The highest BCUT2D eigenvalue weighted by atomic mass is 35.5. The van der Waals surface area contributed by atoms with Gasteiger partial charge in [-0.05, 0) is 26.2 Å². The van der Waals surface area contributed by atoms with Crippen molar-refractivity contribution < 1.29 is 9.90 Å². The van der Waals surface area contributed by atoms with E-state index in [1.165, 1.54) is 18.0 Å². The molecule has 0 radical (unpaired) electrons. The smallest absolute Gasteiger partial charge is 0.331 e. The van der Waals surface area contributed by atoms with Crippen LogP contribution in [0, 0.1) is 0 Å². The van der Waals surface area contributed by atoms with Crippen LogP contribution in [0.3, 0.4) is 0 Å². The molecule has 1 heterocycles. The SMILES string of the molecule is CSc1cccc(-c2cn(CC(=O)O)c(=O)n(C(C)C)c2=O)c1Cl. The highest BCUT2D eigenvalue weighted by Crippen LogP contribution is 2.33. The summed E-state index contributed by atoms with van der Waals surface area (Å²) in [5.74, 6) is -1.17. The molecule has 0 unspecified atom stereocenters. The van der Waals surface area contributed by atoms with Gasteiger partial charge in [0.1, 0.15) is 6.54 Å². The Morgan fingerprint density at radius 1 is 1.29 bits per heavy atom. The maximum atomic E-state index is 12.8. The van der Waals surface area contributed by atoms with Gasteiger partial charge in [-0.15, -0.1) is 11.8 Å². The molecule has 128 valence electrons. The number of hydrogen-bond acceptors (Lipinski definition) is 4. The lowest BCUT2D eigenvalue weighted by Crippen LogP contribution is -2.42. The van der Waals surface area contributed by atoms with Crippen LogP contribution < -0.4 is 11.2 Å². The standard InChI is InChI=1S/C16H17ClN2O4S/c1-9(2)19-15(22)11(7-18(16(19)23)8-13(20)21)10-5-4-6-12(24-3)14(10)17/h4-7,9H,8H2,1-3H3,(H,20,21). The zero-order valence-corrected chi connectivity index (χ0v) is 15.0. The molecule has 0 saturated carbocycles. The fraction of sp³-hybridized carbons (Fsp3) is 0.312. The Morgan fingerprint density at radius 2 is 1.96 bits per heavy atom. The molecular weight excluding hydrogens is 352 g/mol. The van der Waals surface area contributed by atoms with Gasteiger partial charge in [-0.25, -0.2) is 4.79 Å². The number of thioether (sulfide) groups is 1. The Kier molecular flexibility index (Phi) is 5.56. The first-order chi connectivity index (χ1) is 11.3. The number of hydrogen-bond donors (Lipinski definition) is 1. The van der Waals surface area contributed by atoms with Crippen molar-refractivity contribution in [2.45, 2.75) is 31.3 Å². The maximum Gasteiger partial charge on any atom is 0.331 e. The van der Waals surface area contributed by atoms with Crippen molar-refractivity contribution in [2.24, 2.45) is 0 Å². The topological polar surface area (TPSA) is 81.3 Å². The molecule has 0 amide bonds. The van der Waals surface area contributed by atoms with Crippen molar-refractivity contribution in [3.8, 4) is 11.1 Å². The molecule has 0 aliphatic rings. The number of aromatic nitrogens is 2. The Hall–Kier alpha value is -1.99. The summed E-state index contributed by atoms with van der Waals surface area (Å²) in [4.78, 5) is 37.0. The molecule has 0 saturated heterocycles. The predicted molar refractivity (Wildman–Crippen MR) is 95.2 cm³/mol. The van der Waals surface area contributed by atoms with E-state index < -0.39 is 29.8 Å².